The fraction of sp³-hybridized carbons (Fsp3) is 0.438. The van der Waals surface area contributed by atoms with Crippen LogP contribution in [0.1, 0.15) is 33.1 Å². The molecular formula is C16H19N3OS. The quantitative estimate of drug-likeness (QED) is 0.746. The van der Waals surface area contributed by atoms with Gasteiger partial charge in [0.1, 0.15) is 5.78 Å². The first-order valence-electron chi connectivity index (χ1n) is 7.10. The van der Waals surface area contributed by atoms with E-state index in [9.17, 15) is 4.79 Å². The number of thiazole rings is 1. The summed E-state index contributed by atoms with van der Waals surface area (Å²) in [6.07, 6.45) is 1.93. The van der Waals surface area contributed by atoms with Gasteiger partial charge >= 0.3 is 0 Å². The van der Waals surface area contributed by atoms with E-state index < -0.39 is 0 Å². The Hall–Kier alpha value is -1.75. The molecule has 1 heterocycles. The van der Waals surface area contributed by atoms with Crippen LogP contribution in [-0.2, 0) is 11.8 Å². The number of fused-ring (bicyclic) bond motifs is 1. The van der Waals surface area contributed by atoms with E-state index in [2.05, 4.69) is 36.2 Å². The van der Waals surface area contributed by atoms with Gasteiger partial charge in [0, 0.05) is 25.6 Å². The number of benzene rings is 1. The molecule has 1 aromatic heterocycles. The van der Waals surface area contributed by atoms with E-state index in [1.807, 2.05) is 23.7 Å². The number of para-hydroxylation sites is 1. The molecule has 4 nitrogen and oxygen atoms in total. The lowest BCUT2D eigenvalue weighted by molar-refractivity contribution is -0.120. The molecule has 110 valence electrons. The first-order chi connectivity index (χ1) is 9.94. The lowest BCUT2D eigenvalue weighted by atomic mass is 9.76. The molecule has 1 fully saturated rings. The second-order valence-electron chi connectivity index (χ2n) is 6.41. The van der Waals surface area contributed by atoms with Crippen LogP contribution in [0.4, 0.5) is 0 Å². The highest BCUT2D eigenvalue weighted by molar-refractivity contribution is 7.16. The number of aryl methyl sites for hydroxylation is 1. The lowest BCUT2D eigenvalue weighted by Gasteiger charge is -2.28. The third-order valence-corrected chi connectivity index (χ3v) is 4.85. The fourth-order valence-electron chi connectivity index (χ4n) is 2.86. The van der Waals surface area contributed by atoms with Crippen molar-refractivity contribution in [2.45, 2.75) is 33.1 Å². The van der Waals surface area contributed by atoms with Crippen LogP contribution in [0.2, 0.25) is 0 Å². The molecule has 1 aromatic carbocycles. The summed E-state index contributed by atoms with van der Waals surface area (Å²) in [6.45, 7) is 4.22. The Morgan fingerprint density at radius 1 is 1.19 bits per heavy atom. The van der Waals surface area contributed by atoms with Crippen LogP contribution < -0.4 is 4.80 Å². The van der Waals surface area contributed by atoms with Crippen LogP contribution in [0.25, 0.3) is 10.2 Å². The number of ketones is 1. The third-order valence-electron chi connectivity index (χ3n) is 3.75. The minimum atomic E-state index is 0.00599. The van der Waals surface area contributed by atoms with Gasteiger partial charge in [-0.3, -0.25) is 4.79 Å². The second-order valence-corrected chi connectivity index (χ2v) is 7.42. The van der Waals surface area contributed by atoms with Gasteiger partial charge in [0.05, 0.1) is 10.2 Å². The molecule has 0 saturated heterocycles. The number of hydrogen-bond donors (Lipinski definition) is 0. The third kappa shape index (κ3) is 2.97. The van der Waals surface area contributed by atoms with Crippen molar-refractivity contribution in [1.29, 1.82) is 0 Å². The molecule has 0 spiro atoms. The second kappa shape index (κ2) is 5.22. The van der Waals surface area contributed by atoms with Crippen molar-refractivity contribution in [3.63, 3.8) is 0 Å². The Balaban J connectivity index is 1.99. The van der Waals surface area contributed by atoms with Gasteiger partial charge in [0.15, 0.2) is 0 Å². The normalized spacial score (nSPS) is 21.4. The van der Waals surface area contributed by atoms with Gasteiger partial charge in [-0.1, -0.05) is 37.3 Å². The van der Waals surface area contributed by atoms with Gasteiger partial charge < -0.3 is 4.57 Å². The van der Waals surface area contributed by atoms with Gasteiger partial charge in [0.25, 0.3) is 0 Å². The average molecular weight is 301 g/mol. The summed E-state index contributed by atoms with van der Waals surface area (Å²) in [5.41, 5.74) is 2.06. The van der Waals surface area contributed by atoms with Crippen LogP contribution in [0.3, 0.4) is 0 Å². The molecular weight excluding hydrogens is 282 g/mol. The van der Waals surface area contributed by atoms with Crippen LogP contribution >= 0.6 is 11.3 Å². The first-order valence-corrected chi connectivity index (χ1v) is 7.92. The number of nitrogens with zero attached hydrogens (tertiary/aromatic N) is 3. The summed E-state index contributed by atoms with van der Waals surface area (Å²) in [4.78, 5) is 12.6. The van der Waals surface area contributed by atoms with Crippen LogP contribution in [0.5, 0.6) is 0 Å². The zero-order valence-electron chi connectivity index (χ0n) is 12.6. The molecule has 0 bridgehead atoms. The van der Waals surface area contributed by atoms with Crippen molar-refractivity contribution in [3.05, 3.63) is 29.1 Å². The highest BCUT2D eigenvalue weighted by Crippen LogP contribution is 2.31. The van der Waals surface area contributed by atoms with Crippen molar-refractivity contribution in [2.24, 2.45) is 22.7 Å². The Labute approximate surface area is 127 Å². The number of aromatic nitrogens is 1. The smallest absolute Gasteiger partial charge is 0.211 e. The maximum Gasteiger partial charge on any atom is 0.211 e. The van der Waals surface area contributed by atoms with Crippen molar-refractivity contribution in [3.8, 4) is 0 Å². The SMILES string of the molecule is Cn1/c(=N/N=C2\CC(=O)CC(C)(C)C2)sc2ccccc21. The topological polar surface area (TPSA) is 46.7 Å². The van der Waals surface area contributed by atoms with Gasteiger partial charge in [-0.2, -0.15) is 5.10 Å². The van der Waals surface area contributed by atoms with Gasteiger partial charge in [-0.15, -0.1) is 5.10 Å². The zero-order chi connectivity index (χ0) is 15.0. The molecule has 0 unspecified atom stereocenters. The molecule has 1 aliphatic carbocycles. The zero-order valence-corrected chi connectivity index (χ0v) is 13.4. The van der Waals surface area contributed by atoms with E-state index in [-0.39, 0.29) is 11.2 Å². The first kappa shape index (κ1) is 14.2. The summed E-state index contributed by atoms with van der Waals surface area (Å²) in [5, 5.41) is 8.75. The highest BCUT2D eigenvalue weighted by Gasteiger charge is 2.30. The molecule has 0 radical (unpaired) electrons. The molecule has 2 aromatic rings. The van der Waals surface area contributed by atoms with Gasteiger partial charge in [-0.05, 0) is 24.0 Å². The minimum absolute atomic E-state index is 0.00599. The number of carbonyl (C=O) groups excluding carboxylic acids is 1. The highest BCUT2D eigenvalue weighted by atomic mass is 32.1. The van der Waals surface area contributed by atoms with Crippen LogP contribution in [-0.4, -0.2) is 16.1 Å². The summed E-state index contributed by atoms with van der Waals surface area (Å²) in [5.74, 6) is 0.265. The minimum Gasteiger partial charge on any atom is -0.318 e. The molecule has 3 rings (SSSR count). The molecule has 0 aliphatic heterocycles. The Morgan fingerprint density at radius 3 is 2.67 bits per heavy atom. The number of hydrogen-bond acceptors (Lipinski definition) is 4. The van der Waals surface area contributed by atoms with Crippen molar-refractivity contribution in [2.75, 3.05) is 0 Å². The van der Waals surface area contributed by atoms with Gasteiger partial charge in [-0.25, -0.2) is 0 Å². The Kier molecular flexibility index (Phi) is 3.53. The van der Waals surface area contributed by atoms with Crippen molar-refractivity contribution in [1.82, 2.24) is 4.57 Å². The van der Waals surface area contributed by atoms with E-state index >= 15 is 0 Å². The van der Waals surface area contributed by atoms with E-state index in [0.29, 0.717) is 12.8 Å². The predicted octanol–water partition coefficient (Wildman–Crippen LogP) is 3.28. The average Bonchev–Trinajstić information content (AvgIpc) is 2.72. The van der Waals surface area contributed by atoms with E-state index in [1.165, 1.54) is 4.70 Å². The Morgan fingerprint density at radius 2 is 1.95 bits per heavy atom. The lowest BCUT2D eigenvalue weighted by Crippen LogP contribution is -2.29. The summed E-state index contributed by atoms with van der Waals surface area (Å²) >= 11 is 1.62. The Bertz CT molecular complexity index is 795. The van der Waals surface area contributed by atoms with Crippen LogP contribution in [0.15, 0.2) is 34.5 Å². The predicted molar refractivity (Wildman–Crippen MR) is 86.4 cm³/mol. The molecule has 0 atom stereocenters. The van der Waals surface area contributed by atoms with E-state index in [1.54, 1.807) is 11.3 Å². The molecule has 1 saturated carbocycles. The fourth-order valence-corrected chi connectivity index (χ4v) is 3.83. The van der Waals surface area contributed by atoms with Gasteiger partial charge in [0.2, 0.25) is 4.80 Å². The number of rotatable bonds is 1. The molecule has 5 heteroatoms. The van der Waals surface area contributed by atoms with E-state index in [0.717, 1.165) is 22.5 Å². The monoisotopic (exact) mass is 301 g/mol. The maximum atomic E-state index is 11.8. The summed E-state index contributed by atoms with van der Waals surface area (Å²) < 4.78 is 3.24. The molecule has 0 amide bonds. The van der Waals surface area contributed by atoms with Crippen molar-refractivity contribution < 1.29 is 4.79 Å². The molecule has 0 N–H and O–H groups in total. The molecule has 1 aliphatic rings. The summed E-state index contributed by atoms with van der Waals surface area (Å²) in [7, 11) is 1.99. The number of Topliss-reactive ketones (excluding diaryl/α,β-unsaturated/α-hetero) is 1. The standard InChI is InChI=1S/C16H19N3OS/c1-16(2)9-11(8-12(20)10-16)17-18-15-19(3)13-6-4-5-7-14(13)21-15/h4-7H,8-10H2,1-3H3/b17-11+,18-15-. The maximum absolute atomic E-state index is 11.8. The molecule has 21 heavy (non-hydrogen) atoms. The van der Waals surface area contributed by atoms with Crippen LogP contribution in [0, 0.1) is 5.41 Å². The van der Waals surface area contributed by atoms with E-state index in [4.69, 9.17) is 0 Å². The number of carbonyl (C=O) groups is 1. The largest absolute Gasteiger partial charge is 0.318 e. The van der Waals surface area contributed by atoms with Crippen molar-refractivity contribution >= 4 is 33.0 Å². The summed E-state index contributed by atoms with van der Waals surface area (Å²) in [6, 6.07) is 8.20.